The Labute approximate surface area is 182 Å². The van der Waals surface area contributed by atoms with E-state index in [-0.39, 0.29) is 48.7 Å². The van der Waals surface area contributed by atoms with Crippen LogP contribution in [0.5, 0.6) is 17.5 Å². The van der Waals surface area contributed by atoms with Crippen molar-refractivity contribution in [3.8, 4) is 17.5 Å². The molecule has 166 valence electrons. The Morgan fingerprint density at radius 1 is 1.03 bits per heavy atom. The molecule has 0 unspecified atom stereocenters. The molecule has 1 aromatic heterocycles. The summed E-state index contributed by atoms with van der Waals surface area (Å²) in [6, 6.07) is 3.94. The van der Waals surface area contributed by atoms with Crippen LogP contribution in [-0.2, 0) is 14.4 Å². The minimum Gasteiger partial charge on any atom is -0.484 e. The highest BCUT2D eigenvalue weighted by molar-refractivity contribution is 6.30. The molecule has 1 heterocycles. The van der Waals surface area contributed by atoms with E-state index in [4.69, 9.17) is 25.8 Å². The molecule has 0 aliphatic carbocycles. The molecule has 0 atom stereocenters. The van der Waals surface area contributed by atoms with Crippen LogP contribution in [0.1, 0.15) is 6.42 Å². The van der Waals surface area contributed by atoms with Crippen molar-refractivity contribution in [2.45, 2.75) is 6.42 Å². The molecule has 12 heteroatoms. The van der Waals surface area contributed by atoms with Crippen LogP contribution in [0, 0.1) is 5.82 Å². The van der Waals surface area contributed by atoms with Crippen molar-refractivity contribution in [3.63, 3.8) is 0 Å². The Balaban J connectivity index is 1.56. The third-order valence-electron chi connectivity index (χ3n) is 3.63. The van der Waals surface area contributed by atoms with Crippen molar-refractivity contribution in [1.29, 1.82) is 0 Å². The van der Waals surface area contributed by atoms with Crippen LogP contribution in [0.4, 0.5) is 4.39 Å². The lowest BCUT2D eigenvalue weighted by molar-refractivity contribution is -0.127. The van der Waals surface area contributed by atoms with Gasteiger partial charge in [-0.25, -0.2) is 4.39 Å². The van der Waals surface area contributed by atoms with Gasteiger partial charge in [-0.2, -0.15) is 9.97 Å². The largest absolute Gasteiger partial charge is 0.484 e. The summed E-state index contributed by atoms with van der Waals surface area (Å²) in [4.78, 5) is 42.9. The van der Waals surface area contributed by atoms with Crippen LogP contribution in [0.2, 0.25) is 5.02 Å². The normalized spacial score (nSPS) is 10.2. The monoisotopic (exact) mass is 454 g/mol. The Morgan fingerprint density at radius 3 is 2.32 bits per heavy atom. The molecule has 31 heavy (non-hydrogen) atoms. The van der Waals surface area contributed by atoms with Crippen molar-refractivity contribution in [2.75, 3.05) is 33.4 Å². The molecule has 0 spiro atoms. The Hall–Kier alpha value is -3.47. The second kappa shape index (κ2) is 12.3. The molecule has 2 amide bonds. The molecule has 1 aromatic carbocycles. The number of nitrogens with one attached hydrogen (secondary N) is 2. The highest BCUT2D eigenvalue weighted by atomic mass is 35.5. The molecular formula is C19H20ClFN4O6. The second-order valence-electron chi connectivity index (χ2n) is 5.97. The van der Waals surface area contributed by atoms with Gasteiger partial charge in [-0.15, -0.1) is 0 Å². The first kappa shape index (κ1) is 23.8. The SMILES string of the molecule is COc1ncc(OCC(=O)NCCC(=O)CNC(=O)COc2ccc(Cl)c(F)c2)cn1. The number of carbonyl (C=O) groups excluding carboxylic acids is 3. The molecule has 0 bridgehead atoms. The predicted molar refractivity (Wildman–Crippen MR) is 107 cm³/mol. The maximum Gasteiger partial charge on any atom is 0.316 e. The first-order valence-corrected chi connectivity index (χ1v) is 9.37. The molecule has 0 aliphatic heterocycles. The van der Waals surface area contributed by atoms with E-state index in [0.29, 0.717) is 5.75 Å². The van der Waals surface area contributed by atoms with E-state index in [2.05, 4.69) is 20.6 Å². The third-order valence-corrected chi connectivity index (χ3v) is 3.93. The minimum atomic E-state index is -0.667. The molecule has 2 rings (SSSR count). The first-order chi connectivity index (χ1) is 14.9. The molecule has 0 saturated heterocycles. The van der Waals surface area contributed by atoms with Gasteiger partial charge in [-0.05, 0) is 12.1 Å². The van der Waals surface area contributed by atoms with Crippen molar-refractivity contribution >= 4 is 29.2 Å². The average molecular weight is 455 g/mol. The number of benzene rings is 1. The van der Waals surface area contributed by atoms with Crippen LogP contribution in [0.25, 0.3) is 0 Å². The molecule has 0 radical (unpaired) electrons. The Kier molecular flexibility index (Phi) is 9.43. The fourth-order valence-electron chi connectivity index (χ4n) is 2.08. The summed E-state index contributed by atoms with van der Waals surface area (Å²) in [6.45, 7) is -0.815. The number of ether oxygens (including phenoxy) is 3. The lowest BCUT2D eigenvalue weighted by Gasteiger charge is -2.08. The lowest BCUT2D eigenvalue weighted by atomic mass is 10.3. The number of nitrogens with zero attached hydrogens (tertiary/aromatic N) is 2. The quantitative estimate of drug-likeness (QED) is 0.484. The van der Waals surface area contributed by atoms with Gasteiger partial charge in [0.05, 0.1) is 31.1 Å². The maximum absolute atomic E-state index is 13.3. The number of hydrogen-bond donors (Lipinski definition) is 2. The average Bonchev–Trinajstić information content (AvgIpc) is 2.77. The number of halogens is 2. The number of hydrogen-bond acceptors (Lipinski definition) is 8. The lowest BCUT2D eigenvalue weighted by Crippen LogP contribution is -2.35. The summed E-state index contributed by atoms with van der Waals surface area (Å²) >= 11 is 5.56. The van der Waals surface area contributed by atoms with E-state index in [1.165, 1.54) is 31.6 Å². The summed E-state index contributed by atoms with van der Waals surface area (Å²) in [5, 5.41) is 4.84. The number of methoxy groups -OCH3 is 1. The van der Waals surface area contributed by atoms with Crippen LogP contribution in [0.3, 0.4) is 0 Å². The standard InChI is InChI=1S/C19H20ClFN4O6/c1-29-19-24-8-14(9-25-19)31-10-17(27)22-5-4-12(26)7-23-18(28)11-30-13-2-3-15(20)16(21)6-13/h2-3,6,8-9H,4-5,7,10-11H2,1H3,(H,22,27)(H,23,28). The van der Waals surface area contributed by atoms with Crippen LogP contribution in [-0.4, -0.2) is 61.0 Å². The van der Waals surface area contributed by atoms with E-state index in [1.54, 1.807) is 0 Å². The molecule has 2 N–H and O–H groups in total. The van der Waals surface area contributed by atoms with E-state index >= 15 is 0 Å². The topological polar surface area (TPSA) is 129 Å². The zero-order chi connectivity index (χ0) is 22.6. The van der Waals surface area contributed by atoms with E-state index in [9.17, 15) is 18.8 Å². The molecule has 10 nitrogen and oxygen atoms in total. The molecular weight excluding hydrogens is 435 g/mol. The molecule has 0 saturated carbocycles. The maximum atomic E-state index is 13.3. The van der Waals surface area contributed by atoms with Gasteiger partial charge in [0.15, 0.2) is 24.7 Å². The summed E-state index contributed by atoms with van der Waals surface area (Å²) in [5.74, 6) is -1.53. The Bertz CT molecular complexity index is 913. The third kappa shape index (κ3) is 8.83. The van der Waals surface area contributed by atoms with E-state index in [0.717, 1.165) is 6.07 Å². The number of aromatic nitrogens is 2. The van der Waals surface area contributed by atoms with Crippen LogP contribution >= 0.6 is 11.6 Å². The second-order valence-corrected chi connectivity index (χ2v) is 6.38. The van der Waals surface area contributed by atoms with Gasteiger partial charge in [0.1, 0.15) is 11.6 Å². The van der Waals surface area contributed by atoms with Crippen molar-refractivity contribution in [2.24, 2.45) is 0 Å². The summed E-state index contributed by atoms with van der Waals surface area (Å²) in [5.41, 5.74) is 0. The van der Waals surface area contributed by atoms with Crippen molar-refractivity contribution in [1.82, 2.24) is 20.6 Å². The van der Waals surface area contributed by atoms with Crippen LogP contribution < -0.4 is 24.8 Å². The summed E-state index contributed by atoms with van der Waals surface area (Å²) in [6.07, 6.45) is 2.73. The summed E-state index contributed by atoms with van der Waals surface area (Å²) in [7, 11) is 1.42. The Morgan fingerprint density at radius 2 is 1.68 bits per heavy atom. The summed E-state index contributed by atoms with van der Waals surface area (Å²) < 4.78 is 28.4. The van der Waals surface area contributed by atoms with E-state index in [1.807, 2.05) is 0 Å². The van der Waals surface area contributed by atoms with Gasteiger partial charge in [0.2, 0.25) is 0 Å². The number of rotatable bonds is 12. The minimum absolute atomic E-state index is 0.0148. The van der Waals surface area contributed by atoms with E-state index < -0.39 is 24.2 Å². The molecule has 2 aromatic rings. The van der Waals surface area contributed by atoms with Crippen molar-refractivity contribution in [3.05, 3.63) is 41.4 Å². The van der Waals surface area contributed by atoms with Gasteiger partial charge in [0, 0.05) is 19.0 Å². The number of amides is 2. The zero-order valence-electron chi connectivity index (χ0n) is 16.5. The zero-order valence-corrected chi connectivity index (χ0v) is 17.3. The number of carbonyl (C=O) groups is 3. The number of ketones is 1. The van der Waals surface area contributed by atoms with Gasteiger partial charge < -0.3 is 24.8 Å². The number of Topliss-reactive ketones (excluding diaryl/α,β-unsaturated/α-hetero) is 1. The van der Waals surface area contributed by atoms with Gasteiger partial charge in [-0.3, -0.25) is 14.4 Å². The fraction of sp³-hybridized carbons (Fsp3) is 0.316. The van der Waals surface area contributed by atoms with Gasteiger partial charge >= 0.3 is 6.01 Å². The molecule has 0 fully saturated rings. The van der Waals surface area contributed by atoms with Gasteiger partial charge in [0.25, 0.3) is 11.8 Å². The predicted octanol–water partition coefficient (Wildman–Crippen LogP) is 0.927. The smallest absolute Gasteiger partial charge is 0.316 e. The van der Waals surface area contributed by atoms with Gasteiger partial charge in [-0.1, -0.05) is 11.6 Å². The van der Waals surface area contributed by atoms with Crippen LogP contribution in [0.15, 0.2) is 30.6 Å². The van der Waals surface area contributed by atoms with Crippen molar-refractivity contribution < 1.29 is 33.0 Å². The molecule has 0 aliphatic rings. The first-order valence-electron chi connectivity index (χ1n) is 8.99. The fourth-order valence-corrected chi connectivity index (χ4v) is 2.20. The highest BCUT2D eigenvalue weighted by Crippen LogP contribution is 2.20. The highest BCUT2D eigenvalue weighted by Gasteiger charge is 2.09.